The lowest BCUT2D eigenvalue weighted by Gasteiger charge is -2.03. The molecule has 2 rings (SSSR count). The minimum absolute atomic E-state index is 0.0943. The Morgan fingerprint density at radius 3 is 2.73 bits per heavy atom. The molecule has 0 saturated heterocycles. The van der Waals surface area contributed by atoms with Crippen LogP contribution in [0, 0.1) is 5.82 Å². The van der Waals surface area contributed by atoms with Crippen molar-refractivity contribution < 1.29 is 4.39 Å². The van der Waals surface area contributed by atoms with Gasteiger partial charge in [-0.2, -0.15) is 0 Å². The average molecular weight is 204 g/mol. The van der Waals surface area contributed by atoms with Crippen molar-refractivity contribution in [1.82, 2.24) is 9.55 Å². The normalized spacial score (nSPS) is 10.3. The zero-order valence-corrected chi connectivity index (χ0v) is 8.14. The molecule has 0 atom stereocenters. The number of aryl methyl sites for hydroxylation is 1. The van der Waals surface area contributed by atoms with Gasteiger partial charge in [0.1, 0.15) is 5.82 Å². The fourth-order valence-corrected chi connectivity index (χ4v) is 1.33. The highest BCUT2D eigenvalue weighted by atomic mass is 19.1. The molecule has 2 heterocycles. The van der Waals surface area contributed by atoms with E-state index in [-0.39, 0.29) is 11.4 Å². The average Bonchev–Trinajstić information content (AvgIpc) is 2.22. The van der Waals surface area contributed by atoms with E-state index in [1.807, 2.05) is 0 Å². The fourth-order valence-electron chi connectivity index (χ4n) is 1.33. The van der Waals surface area contributed by atoms with Gasteiger partial charge in [0.25, 0.3) is 0 Å². The summed E-state index contributed by atoms with van der Waals surface area (Å²) in [5.41, 5.74) is 1.33. The maximum absolute atomic E-state index is 12.9. The molecular weight excluding hydrogens is 195 g/mol. The van der Waals surface area contributed by atoms with Crippen molar-refractivity contribution in [3.8, 4) is 11.1 Å². The summed E-state index contributed by atoms with van der Waals surface area (Å²) in [6.07, 6.45) is 4.35. The predicted octanol–water partition coefficient (Wildman–Crippen LogP) is 1.59. The lowest BCUT2D eigenvalue weighted by Crippen LogP contribution is -2.13. The molecule has 2 aromatic rings. The second kappa shape index (κ2) is 3.65. The van der Waals surface area contributed by atoms with Crippen molar-refractivity contribution in [2.45, 2.75) is 0 Å². The van der Waals surface area contributed by atoms with Gasteiger partial charge in [-0.15, -0.1) is 0 Å². The van der Waals surface area contributed by atoms with Crippen LogP contribution in [0.15, 0.2) is 41.6 Å². The van der Waals surface area contributed by atoms with Crippen LogP contribution >= 0.6 is 0 Å². The van der Waals surface area contributed by atoms with Gasteiger partial charge < -0.3 is 4.57 Å². The number of hydrogen-bond acceptors (Lipinski definition) is 2. The van der Waals surface area contributed by atoms with Gasteiger partial charge in [-0.05, 0) is 17.7 Å². The predicted molar refractivity (Wildman–Crippen MR) is 54.9 cm³/mol. The van der Waals surface area contributed by atoms with Gasteiger partial charge in [-0.25, -0.2) is 4.39 Å². The summed E-state index contributed by atoms with van der Waals surface area (Å²) in [5.74, 6) is -0.388. The van der Waals surface area contributed by atoms with Crippen molar-refractivity contribution >= 4 is 0 Å². The van der Waals surface area contributed by atoms with Crippen molar-refractivity contribution in [3.63, 3.8) is 0 Å². The highest BCUT2D eigenvalue weighted by Gasteiger charge is 2.00. The summed E-state index contributed by atoms with van der Waals surface area (Å²) < 4.78 is 14.3. The molecular formula is C11H9FN2O. The molecule has 0 spiro atoms. The van der Waals surface area contributed by atoms with Crippen molar-refractivity contribution in [1.29, 1.82) is 0 Å². The second-order valence-electron chi connectivity index (χ2n) is 3.26. The van der Waals surface area contributed by atoms with E-state index in [9.17, 15) is 9.18 Å². The molecule has 0 saturated carbocycles. The molecule has 76 valence electrons. The molecule has 15 heavy (non-hydrogen) atoms. The first kappa shape index (κ1) is 9.58. The summed E-state index contributed by atoms with van der Waals surface area (Å²) in [6, 6.07) is 4.48. The minimum atomic E-state index is -0.388. The Hall–Kier alpha value is -1.97. The number of halogens is 1. The summed E-state index contributed by atoms with van der Waals surface area (Å²) in [7, 11) is 1.65. The summed E-state index contributed by atoms with van der Waals surface area (Å²) in [5, 5.41) is 0. The zero-order chi connectivity index (χ0) is 10.8. The first-order chi connectivity index (χ1) is 7.16. The van der Waals surface area contributed by atoms with E-state index >= 15 is 0 Å². The van der Waals surface area contributed by atoms with Crippen LogP contribution in [-0.2, 0) is 7.05 Å². The van der Waals surface area contributed by atoms with Crippen LogP contribution < -0.4 is 5.56 Å². The molecule has 0 bridgehead atoms. The van der Waals surface area contributed by atoms with Gasteiger partial charge >= 0.3 is 0 Å². The standard InChI is InChI=1S/C11H9FN2O/c1-14-7-8(2-3-11(14)15)9-4-10(12)6-13-5-9/h2-7H,1H3. The fraction of sp³-hybridized carbons (Fsp3) is 0.0909. The molecule has 3 nitrogen and oxygen atoms in total. The summed E-state index contributed by atoms with van der Waals surface area (Å²) in [6.45, 7) is 0. The van der Waals surface area contributed by atoms with Gasteiger partial charge in [0.2, 0.25) is 5.56 Å². The lowest BCUT2D eigenvalue weighted by molar-refractivity contribution is 0.622. The van der Waals surface area contributed by atoms with Gasteiger partial charge in [0, 0.05) is 31.1 Å². The lowest BCUT2D eigenvalue weighted by atomic mass is 10.1. The zero-order valence-electron chi connectivity index (χ0n) is 8.14. The number of hydrogen-bond donors (Lipinski definition) is 0. The van der Waals surface area contributed by atoms with E-state index in [1.165, 1.54) is 16.7 Å². The number of nitrogens with zero attached hydrogens (tertiary/aromatic N) is 2. The Bertz CT molecular complexity index is 548. The van der Waals surface area contributed by atoms with Gasteiger partial charge in [0.05, 0.1) is 6.20 Å². The maximum atomic E-state index is 12.9. The number of pyridine rings is 2. The largest absolute Gasteiger partial charge is 0.318 e. The van der Waals surface area contributed by atoms with Crippen LogP contribution in [0.4, 0.5) is 4.39 Å². The molecule has 0 aliphatic carbocycles. The minimum Gasteiger partial charge on any atom is -0.318 e. The van der Waals surface area contributed by atoms with Crippen molar-refractivity contribution in [2.24, 2.45) is 7.05 Å². The first-order valence-electron chi connectivity index (χ1n) is 4.44. The Labute approximate surface area is 85.8 Å². The number of rotatable bonds is 1. The third-order valence-corrected chi connectivity index (χ3v) is 2.12. The molecule has 0 aliphatic rings. The Morgan fingerprint density at radius 1 is 1.27 bits per heavy atom. The smallest absolute Gasteiger partial charge is 0.250 e. The van der Waals surface area contributed by atoms with Gasteiger partial charge in [0.15, 0.2) is 0 Å². The summed E-state index contributed by atoms with van der Waals surface area (Å²) >= 11 is 0. The Balaban J connectivity index is 2.55. The molecule has 0 N–H and O–H groups in total. The van der Waals surface area contributed by atoms with E-state index in [0.29, 0.717) is 5.56 Å². The monoisotopic (exact) mass is 204 g/mol. The SMILES string of the molecule is Cn1cc(-c2cncc(F)c2)ccc1=O. The summed E-state index contributed by atoms with van der Waals surface area (Å²) in [4.78, 5) is 14.9. The molecule has 0 unspecified atom stereocenters. The first-order valence-corrected chi connectivity index (χ1v) is 4.44. The van der Waals surface area contributed by atoms with Crippen molar-refractivity contribution in [2.75, 3.05) is 0 Å². The molecule has 0 radical (unpaired) electrons. The molecule has 0 amide bonds. The second-order valence-corrected chi connectivity index (χ2v) is 3.26. The molecule has 2 aromatic heterocycles. The third-order valence-electron chi connectivity index (χ3n) is 2.12. The van der Waals surface area contributed by atoms with Crippen LogP contribution in [0.3, 0.4) is 0 Å². The van der Waals surface area contributed by atoms with Crippen LogP contribution in [0.5, 0.6) is 0 Å². The molecule has 0 aromatic carbocycles. The van der Waals surface area contributed by atoms with Crippen LogP contribution in [-0.4, -0.2) is 9.55 Å². The van der Waals surface area contributed by atoms with E-state index in [4.69, 9.17) is 0 Å². The van der Waals surface area contributed by atoms with E-state index < -0.39 is 0 Å². The highest BCUT2D eigenvalue weighted by Crippen LogP contribution is 2.16. The van der Waals surface area contributed by atoms with Crippen LogP contribution in [0.2, 0.25) is 0 Å². The maximum Gasteiger partial charge on any atom is 0.250 e. The Kier molecular flexibility index (Phi) is 2.33. The van der Waals surface area contributed by atoms with E-state index in [0.717, 1.165) is 11.8 Å². The quantitative estimate of drug-likeness (QED) is 0.707. The third kappa shape index (κ3) is 1.93. The molecule has 0 fully saturated rings. The van der Waals surface area contributed by atoms with Crippen LogP contribution in [0.25, 0.3) is 11.1 Å². The van der Waals surface area contributed by atoms with Gasteiger partial charge in [-0.1, -0.05) is 0 Å². The highest BCUT2D eigenvalue weighted by molar-refractivity contribution is 5.60. The molecule has 4 heteroatoms. The molecule has 0 aliphatic heterocycles. The Morgan fingerprint density at radius 2 is 2.07 bits per heavy atom. The number of aromatic nitrogens is 2. The van der Waals surface area contributed by atoms with Gasteiger partial charge in [-0.3, -0.25) is 9.78 Å². The van der Waals surface area contributed by atoms with E-state index in [2.05, 4.69) is 4.98 Å². The van der Waals surface area contributed by atoms with E-state index in [1.54, 1.807) is 25.5 Å². The van der Waals surface area contributed by atoms with Crippen molar-refractivity contribution in [3.05, 3.63) is 53.0 Å². The topological polar surface area (TPSA) is 34.9 Å². The van der Waals surface area contributed by atoms with Crippen LogP contribution in [0.1, 0.15) is 0 Å².